The lowest BCUT2D eigenvalue weighted by Crippen LogP contribution is -2.29. The van der Waals surface area contributed by atoms with Crippen molar-refractivity contribution in [3.05, 3.63) is 22.4 Å². The lowest BCUT2D eigenvalue weighted by atomic mass is 10.1. The van der Waals surface area contributed by atoms with Crippen LogP contribution in [0.4, 0.5) is 13.2 Å². The molecule has 0 aliphatic rings. The molecule has 0 aliphatic carbocycles. The summed E-state index contributed by atoms with van der Waals surface area (Å²) in [4.78, 5) is 0. The quantitative estimate of drug-likeness (QED) is 0.813. The highest BCUT2D eigenvalue weighted by molar-refractivity contribution is 7.07. The average molecular weight is 209 g/mol. The van der Waals surface area contributed by atoms with E-state index in [1.54, 1.807) is 6.07 Å². The van der Waals surface area contributed by atoms with Crippen LogP contribution in [0.5, 0.6) is 0 Å². The Bertz CT molecular complexity index is 242. The molecule has 0 aliphatic heterocycles. The van der Waals surface area contributed by atoms with E-state index in [1.165, 1.54) is 11.3 Å². The monoisotopic (exact) mass is 209 g/mol. The lowest BCUT2D eigenvalue weighted by molar-refractivity contribution is -0.138. The Morgan fingerprint density at radius 3 is 2.62 bits per heavy atom. The Morgan fingerprint density at radius 1 is 1.46 bits per heavy atom. The van der Waals surface area contributed by atoms with Gasteiger partial charge in [0.25, 0.3) is 0 Å². The van der Waals surface area contributed by atoms with E-state index >= 15 is 0 Å². The van der Waals surface area contributed by atoms with Gasteiger partial charge in [0.1, 0.15) is 0 Å². The zero-order valence-electron chi connectivity index (χ0n) is 6.84. The first-order chi connectivity index (χ1) is 5.97. The van der Waals surface area contributed by atoms with Gasteiger partial charge in [-0.15, -0.1) is 0 Å². The van der Waals surface area contributed by atoms with Crippen molar-refractivity contribution in [1.82, 2.24) is 0 Å². The Morgan fingerprint density at radius 2 is 2.15 bits per heavy atom. The fourth-order valence-corrected chi connectivity index (χ4v) is 1.76. The van der Waals surface area contributed by atoms with Crippen LogP contribution < -0.4 is 5.73 Å². The summed E-state index contributed by atoms with van der Waals surface area (Å²) in [6.07, 6.45) is -4.78. The predicted octanol–water partition coefficient (Wildman–Crippen LogP) is 2.57. The van der Waals surface area contributed by atoms with Crippen molar-refractivity contribution >= 4 is 11.3 Å². The first-order valence-electron chi connectivity index (χ1n) is 3.81. The van der Waals surface area contributed by atoms with Crippen LogP contribution in [0.3, 0.4) is 0 Å². The summed E-state index contributed by atoms with van der Waals surface area (Å²) in [5.74, 6) is 0. The number of hydrogen-bond donors (Lipinski definition) is 1. The molecule has 1 rings (SSSR count). The van der Waals surface area contributed by atoms with Crippen molar-refractivity contribution in [1.29, 1.82) is 0 Å². The van der Waals surface area contributed by atoms with Gasteiger partial charge >= 0.3 is 6.18 Å². The SMILES string of the molecule is NC(Cc1ccsc1)CC(F)(F)F. The third-order valence-electron chi connectivity index (χ3n) is 1.57. The van der Waals surface area contributed by atoms with Crippen molar-refractivity contribution in [2.75, 3.05) is 0 Å². The summed E-state index contributed by atoms with van der Waals surface area (Å²) in [6.45, 7) is 0. The third kappa shape index (κ3) is 4.28. The molecule has 0 bridgehead atoms. The molecule has 0 saturated heterocycles. The van der Waals surface area contributed by atoms with Gasteiger partial charge in [-0.1, -0.05) is 0 Å². The summed E-state index contributed by atoms with van der Waals surface area (Å²) >= 11 is 1.46. The Kier molecular flexibility index (Phi) is 3.33. The Balaban J connectivity index is 2.38. The van der Waals surface area contributed by atoms with E-state index in [-0.39, 0.29) is 0 Å². The second-order valence-electron chi connectivity index (χ2n) is 2.92. The van der Waals surface area contributed by atoms with Crippen LogP contribution in [0.2, 0.25) is 0 Å². The predicted molar refractivity (Wildman–Crippen MR) is 46.7 cm³/mol. The van der Waals surface area contributed by atoms with Gasteiger partial charge in [-0.25, -0.2) is 0 Å². The highest BCUT2D eigenvalue weighted by Crippen LogP contribution is 2.22. The zero-order chi connectivity index (χ0) is 9.90. The minimum atomic E-state index is -4.16. The topological polar surface area (TPSA) is 26.0 Å². The van der Waals surface area contributed by atoms with Crippen LogP contribution in [0.15, 0.2) is 16.8 Å². The van der Waals surface area contributed by atoms with E-state index < -0.39 is 18.6 Å². The summed E-state index contributed by atoms with van der Waals surface area (Å²) < 4.78 is 35.6. The molecule has 2 N–H and O–H groups in total. The molecular weight excluding hydrogens is 199 g/mol. The molecule has 0 spiro atoms. The molecule has 0 radical (unpaired) electrons. The number of halogens is 3. The van der Waals surface area contributed by atoms with Crippen molar-refractivity contribution in [3.63, 3.8) is 0 Å². The standard InChI is InChI=1S/C8H10F3NS/c9-8(10,11)4-7(12)3-6-1-2-13-5-6/h1-2,5,7H,3-4,12H2. The first kappa shape index (κ1) is 10.5. The summed E-state index contributed by atoms with van der Waals surface area (Å²) in [7, 11) is 0. The largest absolute Gasteiger partial charge is 0.390 e. The van der Waals surface area contributed by atoms with Gasteiger partial charge in [0.05, 0.1) is 6.42 Å². The van der Waals surface area contributed by atoms with E-state index in [1.807, 2.05) is 10.8 Å². The molecule has 1 aromatic heterocycles. The second kappa shape index (κ2) is 4.11. The molecule has 0 aromatic carbocycles. The molecule has 13 heavy (non-hydrogen) atoms. The molecule has 5 heteroatoms. The first-order valence-corrected chi connectivity index (χ1v) is 4.75. The Labute approximate surface area is 78.4 Å². The minimum Gasteiger partial charge on any atom is -0.327 e. The maximum absolute atomic E-state index is 11.9. The van der Waals surface area contributed by atoms with Gasteiger partial charge in [0, 0.05) is 6.04 Å². The van der Waals surface area contributed by atoms with E-state index in [4.69, 9.17) is 5.73 Å². The summed E-state index contributed by atoms with van der Waals surface area (Å²) in [5, 5.41) is 3.64. The molecule has 1 atom stereocenters. The highest BCUT2D eigenvalue weighted by atomic mass is 32.1. The molecule has 1 heterocycles. The van der Waals surface area contributed by atoms with Crippen LogP contribution in [0.1, 0.15) is 12.0 Å². The maximum atomic E-state index is 11.9. The van der Waals surface area contributed by atoms with Gasteiger partial charge in [-0.05, 0) is 28.8 Å². The second-order valence-corrected chi connectivity index (χ2v) is 3.70. The molecule has 1 unspecified atom stereocenters. The van der Waals surface area contributed by atoms with E-state index in [2.05, 4.69) is 0 Å². The number of rotatable bonds is 3. The van der Waals surface area contributed by atoms with Crippen LogP contribution in [-0.2, 0) is 6.42 Å². The van der Waals surface area contributed by atoms with Crippen molar-refractivity contribution < 1.29 is 13.2 Å². The number of alkyl halides is 3. The molecule has 0 amide bonds. The van der Waals surface area contributed by atoms with Crippen LogP contribution in [0, 0.1) is 0 Å². The van der Waals surface area contributed by atoms with Gasteiger partial charge < -0.3 is 5.73 Å². The van der Waals surface area contributed by atoms with E-state index in [0.717, 1.165) is 5.56 Å². The third-order valence-corrected chi connectivity index (χ3v) is 2.30. The molecule has 0 fully saturated rings. The van der Waals surface area contributed by atoms with E-state index in [9.17, 15) is 13.2 Å². The normalized spacial score (nSPS) is 14.5. The maximum Gasteiger partial charge on any atom is 0.390 e. The number of nitrogens with two attached hydrogens (primary N) is 1. The fourth-order valence-electron chi connectivity index (χ4n) is 1.08. The highest BCUT2D eigenvalue weighted by Gasteiger charge is 2.30. The van der Waals surface area contributed by atoms with Crippen molar-refractivity contribution in [2.24, 2.45) is 5.73 Å². The molecular formula is C8H10F3NS. The number of hydrogen-bond acceptors (Lipinski definition) is 2. The van der Waals surface area contributed by atoms with Crippen molar-refractivity contribution in [3.8, 4) is 0 Å². The molecule has 1 aromatic rings. The van der Waals surface area contributed by atoms with Gasteiger partial charge in [0.2, 0.25) is 0 Å². The summed E-state index contributed by atoms with van der Waals surface area (Å²) in [6, 6.07) is 0.968. The zero-order valence-corrected chi connectivity index (χ0v) is 7.66. The average Bonchev–Trinajstić information content (AvgIpc) is 2.34. The van der Waals surface area contributed by atoms with Gasteiger partial charge in [-0.3, -0.25) is 0 Å². The van der Waals surface area contributed by atoms with Crippen LogP contribution >= 0.6 is 11.3 Å². The van der Waals surface area contributed by atoms with Gasteiger partial charge in [0.15, 0.2) is 0 Å². The van der Waals surface area contributed by atoms with Gasteiger partial charge in [-0.2, -0.15) is 24.5 Å². The molecule has 74 valence electrons. The molecule has 0 saturated carbocycles. The minimum absolute atomic E-state index is 0.295. The fraction of sp³-hybridized carbons (Fsp3) is 0.500. The smallest absolute Gasteiger partial charge is 0.327 e. The van der Waals surface area contributed by atoms with Crippen LogP contribution in [0.25, 0.3) is 0 Å². The Hall–Kier alpha value is -0.550. The van der Waals surface area contributed by atoms with Crippen LogP contribution in [-0.4, -0.2) is 12.2 Å². The lowest BCUT2D eigenvalue weighted by Gasteiger charge is -2.12. The van der Waals surface area contributed by atoms with Crippen molar-refractivity contribution in [2.45, 2.75) is 25.1 Å². The molecule has 1 nitrogen and oxygen atoms in total. The van der Waals surface area contributed by atoms with E-state index in [0.29, 0.717) is 6.42 Å². The summed E-state index contributed by atoms with van der Waals surface area (Å²) in [5.41, 5.74) is 6.21. The number of thiophene rings is 1.